The average Bonchev–Trinajstić information content (AvgIpc) is 3.09. The summed E-state index contributed by atoms with van der Waals surface area (Å²) in [6.45, 7) is 4.33. The van der Waals surface area contributed by atoms with Crippen molar-refractivity contribution in [3.05, 3.63) is 48.0 Å². The van der Waals surface area contributed by atoms with E-state index >= 15 is 0 Å². The maximum atomic E-state index is 8.94. The summed E-state index contributed by atoms with van der Waals surface area (Å²) >= 11 is 0.864. The number of nitriles is 1. The maximum Gasteiger partial charge on any atom is 0.225 e. The monoisotopic (exact) mass is 419 g/mol. The first-order valence-electron chi connectivity index (χ1n) is 9.09. The van der Waals surface area contributed by atoms with Gasteiger partial charge in [-0.2, -0.15) is 5.26 Å². The Morgan fingerprint density at radius 3 is 2.63 bits per heavy atom. The van der Waals surface area contributed by atoms with Gasteiger partial charge in [-0.25, -0.2) is 24.9 Å². The van der Waals surface area contributed by atoms with Gasteiger partial charge in [-0.3, -0.25) is 4.18 Å². The fraction of sp³-hybridized carbons (Fsp3) is 0.200. The van der Waals surface area contributed by atoms with Crippen LogP contribution in [0.15, 0.2) is 36.9 Å². The van der Waals surface area contributed by atoms with Crippen LogP contribution in [0.5, 0.6) is 5.75 Å². The number of aryl methyl sites for hydroxylation is 2. The molecule has 0 bridgehead atoms. The first-order chi connectivity index (χ1) is 14.6. The molecule has 0 spiro atoms. The van der Waals surface area contributed by atoms with Gasteiger partial charge in [0.1, 0.15) is 17.3 Å². The zero-order valence-corrected chi connectivity index (χ0v) is 17.3. The van der Waals surface area contributed by atoms with E-state index in [1.54, 1.807) is 18.5 Å². The van der Waals surface area contributed by atoms with E-state index in [-0.39, 0.29) is 0 Å². The van der Waals surface area contributed by atoms with E-state index in [4.69, 9.17) is 18.6 Å². The molecule has 30 heavy (non-hydrogen) atoms. The smallest absolute Gasteiger partial charge is 0.225 e. The lowest BCUT2D eigenvalue weighted by molar-refractivity contribution is 0.369. The van der Waals surface area contributed by atoms with Crippen molar-refractivity contribution < 1.29 is 8.37 Å². The van der Waals surface area contributed by atoms with Crippen molar-refractivity contribution >= 4 is 23.5 Å². The molecule has 150 valence electrons. The molecular weight excluding hydrogens is 402 g/mol. The van der Waals surface area contributed by atoms with Gasteiger partial charge in [0.15, 0.2) is 23.0 Å². The first kappa shape index (κ1) is 19.8. The lowest BCUT2D eigenvalue weighted by Gasteiger charge is -2.10. The van der Waals surface area contributed by atoms with Gasteiger partial charge in [0.25, 0.3) is 0 Å². The van der Waals surface area contributed by atoms with Crippen molar-refractivity contribution in [2.75, 3.05) is 6.61 Å². The zero-order chi connectivity index (χ0) is 21.1. The summed E-state index contributed by atoms with van der Waals surface area (Å²) in [6, 6.07) is 5.75. The summed E-state index contributed by atoms with van der Waals surface area (Å²) in [5, 5.41) is 8.94. The van der Waals surface area contributed by atoms with Gasteiger partial charge in [-0.15, -0.1) is 0 Å². The highest BCUT2D eigenvalue weighted by atomic mass is 32.2. The molecule has 0 saturated carbocycles. The molecule has 10 heteroatoms. The molecule has 0 amide bonds. The molecule has 0 fully saturated rings. The molecular formula is C20H17N7O2S. The van der Waals surface area contributed by atoms with Crippen LogP contribution in [0, 0.1) is 18.3 Å². The summed E-state index contributed by atoms with van der Waals surface area (Å²) in [5.41, 5.74) is 4.12. The summed E-state index contributed by atoms with van der Waals surface area (Å²) in [4.78, 5) is 22.2. The topological polar surface area (TPSA) is 112 Å². The van der Waals surface area contributed by atoms with Crippen LogP contribution in [0.25, 0.3) is 34.1 Å². The number of hydrogen-bond acceptors (Lipinski definition) is 9. The third-order valence-electron chi connectivity index (χ3n) is 4.24. The largest absolute Gasteiger partial charge is 0.398 e. The van der Waals surface area contributed by atoms with Crippen LogP contribution >= 0.6 is 12.3 Å². The Hall–Kier alpha value is -3.55. The Morgan fingerprint density at radius 1 is 1.10 bits per heavy atom. The Bertz CT molecular complexity index is 1250. The van der Waals surface area contributed by atoms with Crippen LogP contribution in [-0.2, 0) is 11.2 Å². The summed E-state index contributed by atoms with van der Waals surface area (Å²) < 4.78 is 12.9. The van der Waals surface area contributed by atoms with Crippen LogP contribution in [0.4, 0.5) is 0 Å². The van der Waals surface area contributed by atoms with E-state index < -0.39 is 0 Å². The van der Waals surface area contributed by atoms with Gasteiger partial charge in [0.05, 0.1) is 12.2 Å². The molecule has 0 saturated heterocycles. The SMILES string of the molecule is CCOSOc1cc(-c2ncc(C#N)cn2)cnc1-c1nc2cc(C)cnc2n1C. The van der Waals surface area contributed by atoms with E-state index in [0.717, 1.165) is 29.1 Å². The van der Waals surface area contributed by atoms with E-state index in [1.165, 1.54) is 12.4 Å². The molecule has 0 unspecified atom stereocenters. The molecule has 0 N–H and O–H groups in total. The van der Waals surface area contributed by atoms with E-state index in [1.807, 2.05) is 37.6 Å². The number of imidazole rings is 1. The fourth-order valence-corrected chi connectivity index (χ4v) is 3.18. The number of hydrogen-bond donors (Lipinski definition) is 0. The molecule has 0 aliphatic carbocycles. The molecule has 0 radical (unpaired) electrons. The second kappa shape index (κ2) is 8.44. The summed E-state index contributed by atoms with van der Waals surface area (Å²) in [6.07, 6.45) is 6.37. The average molecular weight is 419 g/mol. The number of pyridine rings is 2. The third kappa shape index (κ3) is 3.80. The lowest BCUT2D eigenvalue weighted by Crippen LogP contribution is -2.00. The normalized spacial score (nSPS) is 10.9. The Balaban J connectivity index is 1.80. The van der Waals surface area contributed by atoms with Crippen molar-refractivity contribution in [1.29, 1.82) is 5.26 Å². The molecule has 4 aromatic heterocycles. The Kier molecular flexibility index (Phi) is 5.56. The Morgan fingerprint density at radius 2 is 1.90 bits per heavy atom. The minimum absolute atomic E-state index is 0.384. The highest BCUT2D eigenvalue weighted by Crippen LogP contribution is 2.34. The van der Waals surface area contributed by atoms with E-state index in [2.05, 4.69) is 19.9 Å². The Labute approximate surface area is 177 Å². The highest BCUT2D eigenvalue weighted by Gasteiger charge is 2.19. The zero-order valence-electron chi connectivity index (χ0n) is 16.5. The molecule has 4 rings (SSSR count). The maximum absolute atomic E-state index is 8.94. The van der Waals surface area contributed by atoms with Crippen molar-refractivity contribution in [2.24, 2.45) is 7.05 Å². The first-order valence-corrected chi connectivity index (χ1v) is 9.75. The molecule has 0 atom stereocenters. The van der Waals surface area contributed by atoms with Crippen molar-refractivity contribution in [2.45, 2.75) is 13.8 Å². The fourth-order valence-electron chi connectivity index (χ4n) is 2.83. The minimum Gasteiger partial charge on any atom is -0.398 e. The third-order valence-corrected chi connectivity index (χ3v) is 4.82. The molecule has 9 nitrogen and oxygen atoms in total. The number of rotatable bonds is 6. The second-order valence-corrected chi connectivity index (χ2v) is 6.92. The molecule has 0 aliphatic rings. The van der Waals surface area contributed by atoms with E-state index in [9.17, 15) is 0 Å². The predicted octanol–water partition coefficient (Wildman–Crippen LogP) is 3.65. The van der Waals surface area contributed by atoms with E-state index in [0.29, 0.717) is 40.8 Å². The predicted molar refractivity (Wildman–Crippen MR) is 112 cm³/mol. The van der Waals surface area contributed by atoms with Gasteiger partial charge in [0, 0.05) is 37.4 Å². The molecule has 4 heterocycles. The second-order valence-electron chi connectivity index (χ2n) is 6.39. The van der Waals surface area contributed by atoms with Gasteiger partial charge >= 0.3 is 0 Å². The van der Waals surface area contributed by atoms with Crippen LogP contribution in [0.2, 0.25) is 0 Å². The van der Waals surface area contributed by atoms with Gasteiger partial charge in [-0.1, -0.05) is 0 Å². The van der Waals surface area contributed by atoms with Crippen LogP contribution in [0.1, 0.15) is 18.1 Å². The van der Waals surface area contributed by atoms with Crippen LogP contribution < -0.4 is 4.18 Å². The van der Waals surface area contributed by atoms with Crippen LogP contribution in [0.3, 0.4) is 0 Å². The number of aromatic nitrogens is 6. The van der Waals surface area contributed by atoms with Gasteiger partial charge in [0.2, 0.25) is 12.3 Å². The van der Waals surface area contributed by atoms with Gasteiger partial charge in [-0.05, 0) is 31.5 Å². The standard InChI is InChI=1S/C20H17N7O2S/c1-4-28-30-29-16-6-14(18-23-9-13(7-21)10-24-18)11-22-17(16)20-26-15-5-12(2)8-25-19(15)27(20)3/h5-6,8-11H,4H2,1-3H3. The highest BCUT2D eigenvalue weighted by molar-refractivity contribution is 7.90. The quantitative estimate of drug-likeness (QED) is 0.341. The molecule has 0 aliphatic heterocycles. The summed E-state index contributed by atoms with van der Waals surface area (Å²) in [5.74, 6) is 1.50. The number of nitrogens with zero attached hydrogens (tertiary/aromatic N) is 7. The minimum atomic E-state index is 0.384. The summed E-state index contributed by atoms with van der Waals surface area (Å²) in [7, 11) is 1.88. The van der Waals surface area contributed by atoms with Crippen molar-refractivity contribution in [3.8, 4) is 34.7 Å². The lowest BCUT2D eigenvalue weighted by atomic mass is 10.2. The molecule has 0 aromatic carbocycles. The van der Waals surface area contributed by atoms with Crippen LogP contribution in [-0.4, -0.2) is 36.1 Å². The van der Waals surface area contributed by atoms with Crippen molar-refractivity contribution in [3.63, 3.8) is 0 Å². The molecule has 4 aromatic rings. The van der Waals surface area contributed by atoms with Crippen molar-refractivity contribution in [1.82, 2.24) is 29.5 Å². The number of fused-ring (bicyclic) bond motifs is 1. The van der Waals surface area contributed by atoms with Gasteiger partial charge < -0.3 is 8.75 Å².